The molecule has 418 valence electrons. The van der Waals surface area contributed by atoms with Gasteiger partial charge in [-0.1, -0.05) is 296 Å². The van der Waals surface area contributed by atoms with Gasteiger partial charge in [-0.15, -0.1) is 0 Å². The van der Waals surface area contributed by atoms with Crippen LogP contribution in [0.5, 0.6) is 0 Å². The van der Waals surface area contributed by atoms with E-state index in [-0.39, 0.29) is 32.0 Å². The number of quaternary nitrogens is 1. The van der Waals surface area contributed by atoms with E-state index in [9.17, 15) is 19.0 Å². The number of phosphoric acid groups is 1. The minimum absolute atomic E-state index is 0.0258. The first-order valence-electron chi connectivity index (χ1n) is 30.7. The standard InChI is InChI=1S/C60H120NO8P/c1-6-8-10-12-14-15-16-17-18-19-20-21-22-23-24-25-26-27-28-29-30-31-32-33-34-35-36-37-38-39-40-41-42-43-44-45-47-49-51-53-60(63)69-58(57-68-70(64,65)67-55-54-61(3,4)5)56-66-59(62)52-50-48-46-13-11-9-7-2/h58H,6-57H2,1-5H3. The fraction of sp³-hybridized carbons (Fsp3) is 0.967. The molecule has 2 unspecified atom stereocenters. The molecule has 0 heterocycles. The molecule has 9 nitrogen and oxygen atoms in total. The van der Waals surface area contributed by atoms with Gasteiger partial charge < -0.3 is 27.9 Å². The molecule has 0 aromatic rings. The van der Waals surface area contributed by atoms with Crippen LogP contribution < -0.4 is 4.89 Å². The van der Waals surface area contributed by atoms with Gasteiger partial charge in [-0.05, 0) is 12.8 Å². The van der Waals surface area contributed by atoms with Crippen molar-refractivity contribution in [1.82, 2.24) is 0 Å². The first-order chi connectivity index (χ1) is 34.0. The van der Waals surface area contributed by atoms with Gasteiger partial charge in [0.2, 0.25) is 0 Å². The molecule has 2 atom stereocenters. The summed E-state index contributed by atoms with van der Waals surface area (Å²) in [6.07, 6.45) is 61.0. The van der Waals surface area contributed by atoms with Crippen LogP contribution >= 0.6 is 7.82 Å². The third-order valence-electron chi connectivity index (χ3n) is 14.1. The second-order valence-corrected chi connectivity index (χ2v) is 23.9. The Morgan fingerprint density at radius 3 is 0.914 bits per heavy atom. The van der Waals surface area contributed by atoms with Crippen LogP contribution in [-0.2, 0) is 32.7 Å². The van der Waals surface area contributed by atoms with Crippen LogP contribution in [0.25, 0.3) is 0 Å². The summed E-state index contributed by atoms with van der Waals surface area (Å²) in [6.45, 7) is 4.23. The minimum atomic E-state index is -4.62. The zero-order chi connectivity index (χ0) is 51.3. The van der Waals surface area contributed by atoms with Crippen LogP contribution in [0.15, 0.2) is 0 Å². The number of likely N-dealkylation sites (N-methyl/N-ethyl adjacent to an activating group) is 1. The lowest BCUT2D eigenvalue weighted by Gasteiger charge is -2.28. The van der Waals surface area contributed by atoms with Crippen LogP contribution in [0.4, 0.5) is 0 Å². The number of rotatable bonds is 58. The summed E-state index contributed by atoms with van der Waals surface area (Å²) < 4.78 is 33.9. The van der Waals surface area contributed by atoms with Crippen molar-refractivity contribution < 1.29 is 42.1 Å². The summed E-state index contributed by atoms with van der Waals surface area (Å²) in [4.78, 5) is 37.5. The van der Waals surface area contributed by atoms with Crippen LogP contribution in [0, 0.1) is 0 Å². The lowest BCUT2D eigenvalue weighted by Crippen LogP contribution is -2.37. The van der Waals surface area contributed by atoms with E-state index in [1.54, 1.807) is 0 Å². The van der Waals surface area contributed by atoms with Gasteiger partial charge in [-0.2, -0.15) is 0 Å². The number of phosphoric ester groups is 1. The van der Waals surface area contributed by atoms with E-state index < -0.39 is 26.5 Å². The van der Waals surface area contributed by atoms with E-state index in [1.807, 2.05) is 21.1 Å². The van der Waals surface area contributed by atoms with Crippen molar-refractivity contribution in [3.63, 3.8) is 0 Å². The van der Waals surface area contributed by atoms with Crippen LogP contribution in [-0.4, -0.2) is 70.0 Å². The Hall–Kier alpha value is -0.990. The summed E-state index contributed by atoms with van der Waals surface area (Å²) in [5.41, 5.74) is 0. The van der Waals surface area contributed by atoms with E-state index in [4.69, 9.17) is 18.5 Å². The number of esters is 2. The lowest BCUT2D eigenvalue weighted by molar-refractivity contribution is -0.870. The molecular weight excluding hydrogens is 894 g/mol. The number of unbranched alkanes of at least 4 members (excludes halogenated alkanes) is 44. The highest BCUT2D eigenvalue weighted by molar-refractivity contribution is 7.45. The fourth-order valence-corrected chi connectivity index (χ4v) is 10.1. The van der Waals surface area contributed by atoms with Crippen molar-refractivity contribution >= 4 is 19.8 Å². The number of nitrogens with zero attached hydrogens (tertiary/aromatic N) is 1. The zero-order valence-corrected chi connectivity index (χ0v) is 48.4. The van der Waals surface area contributed by atoms with Crippen molar-refractivity contribution in [2.45, 2.75) is 328 Å². The molecular formula is C60H120NO8P. The largest absolute Gasteiger partial charge is 0.756 e. The predicted octanol–water partition coefficient (Wildman–Crippen LogP) is 18.4. The highest BCUT2D eigenvalue weighted by atomic mass is 31.2. The Morgan fingerprint density at radius 1 is 0.386 bits per heavy atom. The summed E-state index contributed by atoms with van der Waals surface area (Å²) in [6, 6.07) is 0. The van der Waals surface area contributed by atoms with Crippen molar-refractivity contribution in [2.75, 3.05) is 47.5 Å². The SMILES string of the molecule is CCCCCCCCCCCCCCCCCCCCCCCCCCCCCCCCCCCCCCCCCC(=O)OC(COC(=O)CCCCCCCCC)COP(=O)([O-])OCC[N+](C)(C)C. The second kappa shape index (κ2) is 52.9. The smallest absolute Gasteiger partial charge is 0.306 e. The van der Waals surface area contributed by atoms with Crippen LogP contribution in [0.1, 0.15) is 322 Å². The maximum Gasteiger partial charge on any atom is 0.306 e. The molecule has 0 aromatic carbocycles. The molecule has 0 N–H and O–H groups in total. The van der Waals surface area contributed by atoms with Gasteiger partial charge in [0.1, 0.15) is 19.8 Å². The van der Waals surface area contributed by atoms with Gasteiger partial charge in [0, 0.05) is 12.8 Å². The Labute approximate surface area is 435 Å². The maximum absolute atomic E-state index is 12.7. The third kappa shape index (κ3) is 56.3. The van der Waals surface area contributed by atoms with E-state index in [0.29, 0.717) is 17.4 Å². The molecule has 0 amide bonds. The molecule has 0 aliphatic carbocycles. The van der Waals surface area contributed by atoms with Gasteiger partial charge in [-0.25, -0.2) is 0 Å². The average Bonchev–Trinajstić information content (AvgIpc) is 3.32. The highest BCUT2D eigenvalue weighted by Crippen LogP contribution is 2.38. The Morgan fingerprint density at radius 2 is 0.643 bits per heavy atom. The Bertz CT molecular complexity index is 1150. The quantitative estimate of drug-likeness (QED) is 0.0256. The van der Waals surface area contributed by atoms with Gasteiger partial charge in [-0.3, -0.25) is 14.2 Å². The minimum Gasteiger partial charge on any atom is -0.756 e. The highest BCUT2D eigenvalue weighted by Gasteiger charge is 2.22. The second-order valence-electron chi connectivity index (χ2n) is 22.4. The van der Waals surface area contributed by atoms with E-state index in [1.165, 1.54) is 257 Å². The number of ether oxygens (including phenoxy) is 2. The Kier molecular flexibility index (Phi) is 52.1. The first kappa shape index (κ1) is 69.0. The molecule has 0 saturated heterocycles. The van der Waals surface area contributed by atoms with Gasteiger partial charge in [0.25, 0.3) is 7.82 Å². The van der Waals surface area contributed by atoms with E-state index in [2.05, 4.69) is 13.8 Å². The summed E-state index contributed by atoms with van der Waals surface area (Å²) in [5, 5.41) is 0. The molecule has 0 saturated carbocycles. The Balaban J connectivity index is 3.71. The summed E-state index contributed by atoms with van der Waals surface area (Å²) in [5.74, 6) is -0.823. The molecule has 0 aliphatic heterocycles. The number of hydrogen-bond donors (Lipinski definition) is 0. The van der Waals surface area contributed by atoms with E-state index >= 15 is 0 Å². The number of hydrogen-bond acceptors (Lipinski definition) is 8. The van der Waals surface area contributed by atoms with E-state index in [0.717, 1.165) is 32.1 Å². The number of carbonyl (C=O) groups is 2. The van der Waals surface area contributed by atoms with Crippen molar-refractivity contribution in [3.05, 3.63) is 0 Å². The molecule has 0 radical (unpaired) electrons. The zero-order valence-electron chi connectivity index (χ0n) is 47.5. The molecule has 0 spiro atoms. The summed E-state index contributed by atoms with van der Waals surface area (Å²) in [7, 11) is 1.19. The third-order valence-corrected chi connectivity index (χ3v) is 15.1. The van der Waals surface area contributed by atoms with Crippen molar-refractivity contribution in [1.29, 1.82) is 0 Å². The van der Waals surface area contributed by atoms with Crippen LogP contribution in [0.3, 0.4) is 0 Å². The molecule has 0 bridgehead atoms. The first-order valence-corrected chi connectivity index (χ1v) is 32.2. The normalized spacial score (nSPS) is 13.2. The molecule has 0 rings (SSSR count). The molecule has 10 heteroatoms. The average molecular weight is 1010 g/mol. The fourth-order valence-electron chi connectivity index (χ4n) is 9.37. The van der Waals surface area contributed by atoms with Gasteiger partial charge in [0.15, 0.2) is 6.10 Å². The summed E-state index contributed by atoms with van der Waals surface area (Å²) >= 11 is 0. The topological polar surface area (TPSA) is 111 Å². The van der Waals surface area contributed by atoms with Gasteiger partial charge >= 0.3 is 11.9 Å². The van der Waals surface area contributed by atoms with Crippen molar-refractivity contribution in [3.8, 4) is 0 Å². The lowest BCUT2D eigenvalue weighted by atomic mass is 10.0. The molecule has 0 aromatic heterocycles. The van der Waals surface area contributed by atoms with Gasteiger partial charge in [0.05, 0.1) is 27.7 Å². The maximum atomic E-state index is 12.7. The van der Waals surface area contributed by atoms with Crippen LogP contribution in [0.2, 0.25) is 0 Å². The van der Waals surface area contributed by atoms with Crippen molar-refractivity contribution in [2.24, 2.45) is 0 Å². The molecule has 0 aliphatic rings. The molecule has 70 heavy (non-hydrogen) atoms. The monoisotopic (exact) mass is 1010 g/mol. The predicted molar refractivity (Wildman–Crippen MR) is 296 cm³/mol. The molecule has 0 fully saturated rings. The number of carbonyl (C=O) groups excluding carboxylic acids is 2.